The van der Waals surface area contributed by atoms with Gasteiger partial charge in [0.2, 0.25) is 0 Å². The van der Waals surface area contributed by atoms with E-state index >= 15 is 0 Å². The fourth-order valence-corrected chi connectivity index (χ4v) is 1.70. The zero-order valence-corrected chi connectivity index (χ0v) is 11.2. The molecule has 2 N–H and O–H groups in total. The molecule has 0 fully saturated rings. The molecular weight excluding hydrogens is 246 g/mol. The van der Waals surface area contributed by atoms with Gasteiger partial charge in [0.05, 0.1) is 19.8 Å². The molecule has 1 aromatic rings. The van der Waals surface area contributed by atoms with Crippen molar-refractivity contribution in [2.75, 3.05) is 26.3 Å². The molecule has 0 radical (unpaired) electrons. The second kappa shape index (κ2) is 8.63. The number of nitrogens with zero attached hydrogens (tertiary/aromatic N) is 1. The highest BCUT2D eigenvalue weighted by molar-refractivity contribution is 5.80. The summed E-state index contributed by atoms with van der Waals surface area (Å²) in [5, 5.41) is 17.8. The van der Waals surface area contributed by atoms with Gasteiger partial charge in [-0.1, -0.05) is 30.3 Å². The first kappa shape index (κ1) is 15.6. The quantitative estimate of drug-likeness (QED) is 0.715. The van der Waals surface area contributed by atoms with Crippen LogP contribution in [0.1, 0.15) is 12.5 Å². The average molecular weight is 267 g/mol. The summed E-state index contributed by atoms with van der Waals surface area (Å²) in [4.78, 5) is 13.4. The number of carbonyl (C=O) groups excluding carboxylic acids is 1. The van der Waals surface area contributed by atoms with Crippen LogP contribution in [0.15, 0.2) is 30.3 Å². The summed E-state index contributed by atoms with van der Waals surface area (Å²) in [6.45, 7) is 2.19. The Bertz CT molecular complexity index is 363. The van der Waals surface area contributed by atoms with Gasteiger partial charge in [-0.3, -0.25) is 4.79 Å². The Balaban J connectivity index is 2.46. The molecule has 0 spiro atoms. The fraction of sp³-hybridized carbons (Fsp3) is 0.500. The van der Waals surface area contributed by atoms with Gasteiger partial charge < -0.3 is 19.8 Å². The highest BCUT2D eigenvalue weighted by Crippen LogP contribution is 2.05. The predicted octanol–water partition coefficient (Wildman–Crippen LogP) is 0.405. The van der Waals surface area contributed by atoms with E-state index < -0.39 is 6.10 Å². The summed E-state index contributed by atoms with van der Waals surface area (Å²) >= 11 is 0. The molecule has 0 aliphatic carbocycles. The van der Waals surface area contributed by atoms with E-state index in [0.717, 1.165) is 5.56 Å². The Hall–Kier alpha value is -1.43. The molecule has 0 aliphatic rings. The zero-order valence-electron chi connectivity index (χ0n) is 11.2. The van der Waals surface area contributed by atoms with Crippen LogP contribution in [0.25, 0.3) is 0 Å². The topological polar surface area (TPSA) is 70.0 Å². The molecule has 0 bridgehead atoms. The third kappa shape index (κ3) is 5.38. The van der Waals surface area contributed by atoms with E-state index in [-0.39, 0.29) is 32.2 Å². The lowest BCUT2D eigenvalue weighted by molar-refractivity contribution is -0.144. The van der Waals surface area contributed by atoms with Gasteiger partial charge in [-0.25, -0.2) is 0 Å². The molecule has 0 saturated heterocycles. The second-order valence-corrected chi connectivity index (χ2v) is 4.21. The van der Waals surface area contributed by atoms with E-state index in [4.69, 9.17) is 14.9 Å². The van der Waals surface area contributed by atoms with Crippen molar-refractivity contribution in [3.63, 3.8) is 0 Å². The average Bonchev–Trinajstić information content (AvgIpc) is 2.45. The molecule has 1 amide bonds. The Morgan fingerprint density at radius 1 is 1.21 bits per heavy atom. The highest BCUT2D eigenvalue weighted by atomic mass is 16.5. The largest absolute Gasteiger partial charge is 0.395 e. The number of carbonyl (C=O) groups is 1. The molecule has 1 aromatic carbocycles. The predicted molar refractivity (Wildman–Crippen MR) is 71.4 cm³/mol. The normalized spacial score (nSPS) is 12.2. The number of hydrogen-bond donors (Lipinski definition) is 2. The van der Waals surface area contributed by atoms with Gasteiger partial charge in [-0.15, -0.1) is 0 Å². The Labute approximate surface area is 113 Å². The van der Waals surface area contributed by atoms with Gasteiger partial charge in [-0.2, -0.15) is 0 Å². The van der Waals surface area contributed by atoms with Crippen molar-refractivity contribution in [1.82, 2.24) is 4.90 Å². The molecule has 5 heteroatoms. The van der Waals surface area contributed by atoms with Crippen LogP contribution in [0.2, 0.25) is 0 Å². The SMILES string of the molecule is CC(OCc1ccccc1)C(=O)N(CCO)CCO. The van der Waals surface area contributed by atoms with Crippen LogP contribution in [0.4, 0.5) is 0 Å². The van der Waals surface area contributed by atoms with Crippen LogP contribution in [0.3, 0.4) is 0 Å². The molecule has 1 atom stereocenters. The number of ether oxygens (including phenoxy) is 1. The van der Waals surface area contributed by atoms with Crippen molar-refractivity contribution >= 4 is 5.91 Å². The zero-order chi connectivity index (χ0) is 14.1. The van der Waals surface area contributed by atoms with Gasteiger partial charge in [0.15, 0.2) is 0 Å². The van der Waals surface area contributed by atoms with E-state index in [0.29, 0.717) is 6.61 Å². The third-order valence-electron chi connectivity index (χ3n) is 2.74. The van der Waals surface area contributed by atoms with E-state index in [9.17, 15) is 4.79 Å². The van der Waals surface area contributed by atoms with E-state index in [1.165, 1.54) is 4.90 Å². The van der Waals surface area contributed by atoms with Crippen molar-refractivity contribution < 1.29 is 19.7 Å². The maximum atomic E-state index is 12.0. The number of amides is 1. The van der Waals surface area contributed by atoms with Crippen LogP contribution in [-0.2, 0) is 16.1 Å². The molecule has 19 heavy (non-hydrogen) atoms. The summed E-state index contributed by atoms with van der Waals surface area (Å²) < 4.78 is 5.51. The summed E-state index contributed by atoms with van der Waals surface area (Å²) in [5.74, 6) is -0.223. The first-order valence-corrected chi connectivity index (χ1v) is 6.35. The summed E-state index contributed by atoms with van der Waals surface area (Å²) in [5.41, 5.74) is 0.998. The Morgan fingerprint density at radius 2 is 1.79 bits per heavy atom. The molecule has 0 aliphatic heterocycles. The molecule has 0 heterocycles. The first-order chi connectivity index (χ1) is 9.19. The van der Waals surface area contributed by atoms with Gasteiger partial charge >= 0.3 is 0 Å². The van der Waals surface area contributed by atoms with Crippen molar-refractivity contribution in [3.8, 4) is 0 Å². The Kier molecular flexibility index (Phi) is 7.10. The molecule has 1 unspecified atom stereocenters. The van der Waals surface area contributed by atoms with Gasteiger partial charge in [0.25, 0.3) is 5.91 Å². The van der Waals surface area contributed by atoms with Crippen LogP contribution in [-0.4, -0.2) is 53.4 Å². The number of aliphatic hydroxyl groups excluding tert-OH is 2. The number of hydrogen-bond acceptors (Lipinski definition) is 4. The summed E-state index contributed by atoms with van der Waals surface area (Å²) in [7, 11) is 0. The summed E-state index contributed by atoms with van der Waals surface area (Å²) in [6.07, 6.45) is -0.599. The van der Waals surface area contributed by atoms with Crippen molar-refractivity contribution in [3.05, 3.63) is 35.9 Å². The van der Waals surface area contributed by atoms with Crippen molar-refractivity contribution in [2.45, 2.75) is 19.6 Å². The fourth-order valence-electron chi connectivity index (χ4n) is 1.70. The molecule has 0 saturated carbocycles. The highest BCUT2D eigenvalue weighted by Gasteiger charge is 2.20. The van der Waals surface area contributed by atoms with Crippen LogP contribution in [0, 0.1) is 0 Å². The minimum absolute atomic E-state index is 0.128. The molecule has 5 nitrogen and oxygen atoms in total. The molecular formula is C14H21NO4. The lowest BCUT2D eigenvalue weighted by Crippen LogP contribution is -2.42. The second-order valence-electron chi connectivity index (χ2n) is 4.21. The Morgan fingerprint density at radius 3 is 2.32 bits per heavy atom. The van der Waals surface area contributed by atoms with Crippen LogP contribution in [0.5, 0.6) is 0 Å². The first-order valence-electron chi connectivity index (χ1n) is 6.35. The maximum absolute atomic E-state index is 12.0. The van der Waals surface area contributed by atoms with Crippen molar-refractivity contribution in [2.24, 2.45) is 0 Å². The van der Waals surface area contributed by atoms with Crippen LogP contribution >= 0.6 is 0 Å². The third-order valence-corrected chi connectivity index (χ3v) is 2.74. The summed E-state index contributed by atoms with van der Waals surface area (Å²) in [6, 6.07) is 9.60. The van der Waals surface area contributed by atoms with Crippen molar-refractivity contribution in [1.29, 1.82) is 0 Å². The molecule has 106 valence electrons. The number of benzene rings is 1. The number of rotatable bonds is 8. The van der Waals surface area contributed by atoms with E-state index in [2.05, 4.69) is 0 Å². The molecule has 1 rings (SSSR count). The van der Waals surface area contributed by atoms with Gasteiger partial charge in [-0.05, 0) is 12.5 Å². The maximum Gasteiger partial charge on any atom is 0.251 e. The molecule has 0 aromatic heterocycles. The van der Waals surface area contributed by atoms with Gasteiger partial charge in [0, 0.05) is 13.1 Å². The minimum Gasteiger partial charge on any atom is -0.395 e. The monoisotopic (exact) mass is 267 g/mol. The van der Waals surface area contributed by atoms with E-state index in [1.54, 1.807) is 6.92 Å². The lowest BCUT2D eigenvalue weighted by Gasteiger charge is -2.24. The smallest absolute Gasteiger partial charge is 0.251 e. The standard InChI is InChI=1S/C14H21NO4/c1-12(14(18)15(7-9-16)8-10-17)19-11-13-5-3-2-4-6-13/h2-6,12,16-17H,7-11H2,1H3. The number of aliphatic hydroxyl groups is 2. The lowest BCUT2D eigenvalue weighted by atomic mass is 10.2. The van der Waals surface area contributed by atoms with Gasteiger partial charge in [0.1, 0.15) is 6.10 Å². The van der Waals surface area contributed by atoms with E-state index in [1.807, 2.05) is 30.3 Å². The minimum atomic E-state index is -0.599. The van der Waals surface area contributed by atoms with Crippen LogP contribution < -0.4 is 0 Å².